The second-order valence-corrected chi connectivity index (χ2v) is 9.10. The first-order valence-corrected chi connectivity index (χ1v) is 9.81. The average Bonchev–Trinajstić information content (AvgIpc) is 2.73. The molecule has 0 aliphatic carbocycles. The van der Waals surface area contributed by atoms with Gasteiger partial charge in [-0.2, -0.15) is 0 Å². The molecule has 1 spiro atoms. The second kappa shape index (κ2) is 6.11. The van der Waals surface area contributed by atoms with Crippen LogP contribution in [-0.4, -0.2) is 56.0 Å². The van der Waals surface area contributed by atoms with Gasteiger partial charge in [0.1, 0.15) is 10.6 Å². The molecule has 2 heterocycles. The number of carbonyl (C=O) groups excluding carboxylic acids is 1. The van der Waals surface area contributed by atoms with Crippen LogP contribution in [0.4, 0.5) is 4.39 Å². The molecule has 1 aromatic rings. The number of halogens is 1. The van der Waals surface area contributed by atoms with E-state index >= 15 is 0 Å². The summed E-state index contributed by atoms with van der Waals surface area (Å²) in [5.41, 5.74) is 0.976. The van der Waals surface area contributed by atoms with Crippen LogP contribution in [0.5, 0.6) is 0 Å². The van der Waals surface area contributed by atoms with E-state index in [2.05, 4.69) is 0 Å². The largest absolute Gasteiger partial charge is 0.381 e. The van der Waals surface area contributed by atoms with Crippen molar-refractivity contribution in [1.29, 1.82) is 0 Å². The highest BCUT2D eigenvalue weighted by Crippen LogP contribution is 2.45. The smallest absolute Gasteiger partial charge is 0.254 e. The van der Waals surface area contributed by atoms with Crippen LogP contribution in [0.3, 0.4) is 0 Å². The Kier molecular flexibility index (Phi) is 4.42. The Morgan fingerprint density at radius 1 is 1.42 bits per heavy atom. The van der Waals surface area contributed by atoms with Crippen molar-refractivity contribution in [2.24, 2.45) is 5.92 Å². The molecule has 0 saturated carbocycles. The lowest BCUT2D eigenvalue weighted by atomic mass is 9.83. The lowest BCUT2D eigenvalue weighted by molar-refractivity contribution is 0.0270. The van der Waals surface area contributed by atoms with E-state index in [0.717, 1.165) is 0 Å². The summed E-state index contributed by atoms with van der Waals surface area (Å²) in [4.78, 5) is 14.2. The highest BCUT2D eigenvalue weighted by molar-refractivity contribution is 7.93. The summed E-state index contributed by atoms with van der Waals surface area (Å²) in [5.74, 6) is -0.544. The van der Waals surface area contributed by atoms with Gasteiger partial charge in [-0.3, -0.25) is 4.79 Å². The van der Waals surface area contributed by atoms with Crippen LogP contribution in [0, 0.1) is 18.7 Å². The summed E-state index contributed by atoms with van der Waals surface area (Å²) in [6.45, 7) is 4.91. The molecule has 24 heavy (non-hydrogen) atoms. The molecule has 0 unspecified atom stereocenters. The molecule has 132 valence electrons. The Hall–Kier alpha value is -1.47. The molecule has 2 saturated heterocycles. The highest BCUT2D eigenvalue weighted by Gasteiger charge is 2.62. The van der Waals surface area contributed by atoms with Crippen LogP contribution in [0.2, 0.25) is 0 Å². The van der Waals surface area contributed by atoms with Gasteiger partial charge in [-0.1, -0.05) is 0 Å². The first kappa shape index (κ1) is 17.4. The molecule has 1 atom stereocenters. The SMILES string of the molecule is CCOC[C@H]1CCS(=O)(=O)C12CN(C(=O)c1ccc(F)cc1C)C2. The maximum atomic E-state index is 13.2. The predicted octanol–water partition coefficient (Wildman–Crippen LogP) is 1.80. The minimum Gasteiger partial charge on any atom is -0.381 e. The number of carbonyl (C=O) groups is 1. The van der Waals surface area contributed by atoms with Crippen molar-refractivity contribution in [1.82, 2.24) is 4.90 Å². The summed E-state index contributed by atoms with van der Waals surface area (Å²) < 4.78 is 42.8. The van der Waals surface area contributed by atoms with Gasteiger partial charge in [-0.25, -0.2) is 12.8 Å². The van der Waals surface area contributed by atoms with Crippen LogP contribution < -0.4 is 0 Å². The number of nitrogens with zero attached hydrogens (tertiary/aromatic N) is 1. The van der Waals surface area contributed by atoms with Crippen molar-refractivity contribution < 1.29 is 22.3 Å². The van der Waals surface area contributed by atoms with Gasteiger partial charge >= 0.3 is 0 Å². The number of amides is 1. The lowest BCUT2D eigenvalue weighted by Gasteiger charge is -2.50. The molecular formula is C17H22FNO4S. The number of ether oxygens (including phenoxy) is 1. The Bertz CT molecular complexity index is 756. The number of benzene rings is 1. The zero-order valence-corrected chi connectivity index (χ0v) is 14.7. The number of sulfone groups is 1. The van der Waals surface area contributed by atoms with Gasteiger partial charge in [0.25, 0.3) is 5.91 Å². The van der Waals surface area contributed by atoms with Crippen molar-refractivity contribution >= 4 is 15.7 Å². The first-order valence-electron chi connectivity index (χ1n) is 8.16. The third kappa shape index (κ3) is 2.63. The molecule has 0 N–H and O–H groups in total. The minimum atomic E-state index is -3.23. The molecule has 0 radical (unpaired) electrons. The first-order chi connectivity index (χ1) is 11.3. The lowest BCUT2D eigenvalue weighted by Crippen LogP contribution is -2.68. The second-order valence-electron chi connectivity index (χ2n) is 6.65. The molecular weight excluding hydrogens is 333 g/mol. The van der Waals surface area contributed by atoms with E-state index in [0.29, 0.717) is 30.8 Å². The van der Waals surface area contributed by atoms with Gasteiger partial charge in [0.2, 0.25) is 0 Å². The summed E-state index contributed by atoms with van der Waals surface area (Å²) in [6, 6.07) is 4.02. The zero-order chi connectivity index (χ0) is 17.5. The maximum Gasteiger partial charge on any atom is 0.254 e. The van der Waals surface area contributed by atoms with Gasteiger partial charge in [0.05, 0.1) is 12.4 Å². The van der Waals surface area contributed by atoms with Crippen molar-refractivity contribution in [3.05, 3.63) is 35.1 Å². The van der Waals surface area contributed by atoms with Gasteiger partial charge in [0.15, 0.2) is 9.84 Å². The molecule has 5 nitrogen and oxygen atoms in total. The van der Waals surface area contributed by atoms with Crippen molar-refractivity contribution in [2.75, 3.05) is 32.1 Å². The topological polar surface area (TPSA) is 63.7 Å². The number of rotatable bonds is 4. The summed E-state index contributed by atoms with van der Waals surface area (Å²) in [6.07, 6.45) is 0.583. The molecule has 2 fully saturated rings. The number of aryl methyl sites for hydroxylation is 1. The zero-order valence-electron chi connectivity index (χ0n) is 13.9. The highest BCUT2D eigenvalue weighted by atomic mass is 32.2. The molecule has 0 aromatic heterocycles. The Morgan fingerprint density at radius 2 is 2.12 bits per heavy atom. The maximum absolute atomic E-state index is 13.2. The Morgan fingerprint density at radius 3 is 2.75 bits per heavy atom. The standard InChI is InChI=1S/C17H22FNO4S/c1-3-23-9-13-6-7-24(21,22)17(13)10-19(11-17)16(20)15-5-4-14(18)8-12(15)2/h4-5,8,13H,3,6-7,9-11H2,1-2H3/t13-/m1/s1. The van der Waals surface area contributed by atoms with E-state index in [-0.39, 0.29) is 36.5 Å². The molecule has 3 rings (SSSR count). The van der Waals surface area contributed by atoms with E-state index in [4.69, 9.17) is 4.74 Å². The van der Waals surface area contributed by atoms with E-state index < -0.39 is 14.6 Å². The van der Waals surface area contributed by atoms with E-state index in [1.165, 1.54) is 18.2 Å². The van der Waals surface area contributed by atoms with Crippen LogP contribution in [0.1, 0.15) is 29.3 Å². The van der Waals surface area contributed by atoms with Gasteiger partial charge in [-0.15, -0.1) is 0 Å². The fourth-order valence-electron chi connectivity index (χ4n) is 3.75. The van der Waals surface area contributed by atoms with E-state index in [9.17, 15) is 17.6 Å². The summed E-state index contributed by atoms with van der Waals surface area (Å²) in [5, 5.41) is 0. The quantitative estimate of drug-likeness (QED) is 0.826. The van der Waals surface area contributed by atoms with Crippen molar-refractivity contribution in [3.8, 4) is 0 Å². The predicted molar refractivity (Wildman–Crippen MR) is 88.2 cm³/mol. The number of likely N-dealkylation sites (tertiary alicyclic amines) is 1. The van der Waals surface area contributed by atoms with Gasteiger partial charge < -0.3 is 9.64 Å². The Labute approximate surface area is 141 Å². The third-order valence-electron chi connectivity index (χ3n) is 5.24. The normalized spacial score (nSPS) is 24.1. The van der Waals surface area contributed by atoms with Crippen LogP contribution in [-0.2, 0) is 14.6 Å². The molecule has 7 heteroatoms. The van der Waals surface area contributed by atoms with Gasteiger partial charge in [0, 0.05) is 31.2 Å². The molecule has 0 bridgehead atoms. The van der Waals surface area contributed by atoms with E-state index in [1.54, 1.807) is 11.8 Å². The number of hydrogen-bond acceptors (Lipinski definition) is 4. The van der Waals surface area contributed by atoms with Crippen molar-refractivity contribution in [2.45, 2.75) is 25.0 Å². The van der Waals surface area contributed by atoms with E-state index in [1.807, 2.05) is 6.92 Å². The van der Waals surface area contributed by atoms with Gasteiger partial charge in [-0.05, 0) is 44.0 Å². The fourth-order valence-corrected chi connectivity index (χ4v) is 6.15. The number of hydrogen-bond donors (Lipinski definition) is 0. The minimum absolute atomic E-state index is 0.0687. The molecule has 2 aliphatic rings. The molecule has 1 amide bonds. The molecule has 2 aliphatic heterocycles. The van der Waals surface area contributed by atoms with Crippen molar-refractivity contribution in [3.63, 3.8) is 0 Å². The fraction of sp³-hybridized carbons (Fsp3) is 0.588. The van der Waals surface area contributed by atoms with Crippen LogP contribution >= 0.6 is 0 Å². The summed E-state index contributed by atoms with van der Waals surface area (Å²) in [7, 11) is -3.23. The Balaban J connectivity index is 1.78. The average molecular weight is 355 g/mol. The molecule has 1 aromatic carbocycles. The third-order valence-corrected chi connectivity index (χ3v) is 7.85. The van der Waals surface area contributed by atoms with Crippen LogP contribution in [0.15, 0.2) is 18.2 Å². The van der Waals surface area contributed by atoms with Crippen LogP contribution in [0.25, 0.3) is 0 Å². The monoisotopic (exact) mass is 355 g/mol. The summed E-state index contributed by atoms with van der Waals surface area (Å²) >= 11 is 0.